The molecule has 1 aliphatic rings. The van der Waals surface area contributed by atoms with E-state index in [1.54, 1.807) is 0 Å². The topological polar surface area (TPSA) is 31.4 Å². The molecule has 0 radical (unpaired) electrons. The van der Waals surface area contributed by atoms with Crippen LogP contribution in [0, 0.1) is 13.8 Å². The van der Waals surface area contributed by atoms with Crippen LogP contribution in [-0.2, 0) is 6.18 Å². The van der Waals surface area contributed by atoms with E-state index in [4.69, 9.17) is 23.8 Å². The van der Waals surface area contributed by atoms with Gasteiger partial charge in [-0.15, -0.1) is 0 Å². The highest BCUT2D eigenvalue weighted by Crippen LogP contribution is 2.33. The van der Waals surface area contributed by atoms with Crippen LogP contribution in [0.1, 0.15) is 16.7 Å². The number of rotatable bonds is 2. The summed E-state index contributed by atoms with van der Waals surface area (Å²) < 4.78 is 38.3. The van der Waals surface area contributed by atoms with Crippen LogP contribution in [0.5, 0.6) is 0 Å². The van der Waals surface area contributed by atoms with Crippen LogP contribution in [0.3, 0.4) is 0 Å². The van der Waals surface area contributed by atoms with E-state index in [1.165, 1.54) is 0 Å². The molecule has 0 spiro atoms. The Hall–Kier alpha value is -2.06. The molecule has 0 aliphatic carbocycles. The van der Waals surface area contributed by atoms with Crippen molar-refractivity contribution in [2.75, 3.05) is 36.4 Å². The molecule has 9 heteroatoms. The molecule has 1 aliphatic heterocycles. The summed E-state index contributed by atoms with van der Waals surface area (Å²) in [5.74, 6) is 0.363. The zero-order valence-corrected chi connectivity index (χ0v) is 17.0. The number of alkyl halides is 3. The Morgan fingerprint density at radius 3 is 2.21 bits per heavy atom. The van der Waals surface area contributed by atoms with Gasteiger partial charge in [-0.1, -0.05) is 17.7 Å². The average Bonchev–Trinajstić information content (AvgIpc) is 2.60. The highest BCUT2D eigenvalue weighted by Gasteiger charge is 2.32. The van der Waals surface area contributed by atoms with Crippen LogP contribution in [-0.4, -0.2) is 41.2 Å². The van der Waals surface area contributed by atoms with E-state index in [0.717, 1.165) is 29.1 Å². The van der Waals surface area contributed by atoms with Crippen molar-refractivity contribution in [3.05, 3.63) is 52.2 Å². The fraction of sp³-hybridized carbons (Fsp3) is 0.368. The minimum atomic E-state index is -4.46. The maximum Gasteiger partial charge on any atom is 0.417 e. The van der Waals surface area contributed by atoms with Crippen molar-refractivity contribution >= 4 is 40.4 Å². The van der Waals surface area contributed by atoms with Crippen LogP contribution >= 0.6 is 23.8 Å². The van der Waals surface area contributed by atoms with E-state index in [9.17, 15) is 13.2 Å². The summed E-state index contributed by atoms with van der Waals surface area (Å²) in [4.78, 5) is 7.84. The van der Waals surface area contributed by atoms with Gasteiger partial charge in [0.2, 0.25) is 0 Å². The lowest BCUT2D eigenvalue weighted by molar-refractivity contribution is -0.137. The third-order valence-corrected chi connectivity index (χ3v) is 5.13. The molecule has 0 atom stereocenters. The summed E-state index contributed by atoms with van der Waals surface area (Å²) in [5, 5.41) is 3.88. The molecule has 0 unspecified atom stereocenters. The van der Waals surface area contributed by atoms with E-state index in [2.05, 4.69) is 16.4 Å². The second kappa shape index (κ2) is 8.13. The molecule has 0 saturated carbocycles. The summed E-state index contributed by atoms with van der Waals surface area (Å²) in [6.07, 6.45) is -3.64. The summed E-state index contributed by atoms with van der Waals surface area (Å²) in [7, 11) is 0. The lowest BCUT2D eigenvalue weighted by atomic mass is 10.1. The van der Waals surface area contributed by atoms with Crippen molar-refractivity contribution in [2.24, 2.45) is 0 Å². The first kappa shape index (κ1) is 20.7. The van der Waals surface area contributed by atoms with Gasteiger partial charge in [0.05, 0.1) is 10.6 Å². The Balaban J connectivity index is 1.62. The number of aromatic nitrogens is 1. The molecule has 28 heavy (non-hydrogen) atoms. The average molecular weight is 429 g/mol. The molecule has 1 aromatic carbocycles. The Bertz CT molecular complexity index is 860. The number of thiocarbonyl (C=S) groups is 1. The van der Waals surface area contributed by atoms with Crippen LogP contribution in [0.25, 0.3) is 0 Å². The molecule has 3 rings (SSSR count). The summed E-state index contributed by atoms with van der Waals surface area (Å²) in [6.45, 7) is 6.42. The maximum atomic E-state index is 12.8. The minimum Gasteiger partial charge on any atom is -0.352 e. The van der Waals surface area contributed by atoms with Crippen molar-refractivity contribution in [1.29, 1.82) is 0 Å². The van der Waals surface area contributed by atoms with Gasteiger partial charge in [0.1, 0.15) is 5.82 Å². The number of aryl methyl sites for hydroxylation is 2. The molecule has 1 aromatic heterocycles. The van der Waals surface area contributed by atoms with Crippen LogP contribution in [0.2, 0.25) is 5.02 Å². The summed E-state index contributed by atoms with van der Waals surface area (Å²) in [5.41, 5.74) is 2.40. The van der Waals surface area contributed by atoms with Crippen LogP contribution in [0.15, 0.2) is 30.5 Å². The smallest absolute Gasteiger partial charge is 0.352 e. The number of nitrogens with one attached hydrogen (secondary N) is 1. The third-order valence-electron chi connectivity index (χ3n) is 4.49. The van der Waals surface area contributed by atoms with Gasteiger partial charge in [0.15, 0.2) is 5.11 Å². The summed E-state index contributed by atoms with van der Waals surface area (Å²) in [6, 6.07) is 7.07. The quantitative estimate of drug-likeness (QED) is 0.688. The number of hydrogen-bond acceptors (Lipinski definition) is 3. The molecule has 0 amide bonds. The largest absolute Gasteiger partial charge is 0.417 e. The number of pyridine rings is 1. The Morgan fingerprint density at radius 1 is 1.07 bits per heavy atom. The highest BCUT2D eigenvalue weighted by molar-refractivity contribution is 7.80. The monoisotopic (exact) mass is 428 g/mol. The molecule has 1 N–H and O–H groups in total. The van der Waals surface area contributed by atoms with E-state index >= 15 is 0 Å². The first-order valence-electron chi connectivity index (χ1n) is 8.75. The van der Waals surface area contributed by atoms with Gasteiger partial charge in [-0.25, -0.2) is 4.98 Å². The molecule has 0 bridgehead atoms. The number of halogens is 4. The van der Waals surface area contributed by atoms with Crippen molar-refractivity contribution in [3.8, 4) is 0 Å². The van der Waals surface area contributed by atoms with Crippen molar-refractivity contribution in [1.82, 2.24) is 9.88 Å². The first-order valence-corrected chi connectivity index (χ1v) is 9.54. The standard InChI is InChI=1S/C19H20ClF3N4S/c1-12-7-13(2)9-15(8-12)25-18(28)27-5-3-26(4-6-27)17-16(20)10-14(11-24-17)19(21,22)23/h7-11H,3-6H2,1-2H3,(H,25,28). The zero-order chi connectivity index (χ0) is 20.5. The molecule has 2 aromatic rings. The van der Waals surface area contributed by atoms with Gasteiger partial charge in [0.25, 0.3) is 0 Å². The first-order chi connectivity index (χ1) is 13.1. The zero-order valence-electron chi connectivity index (χ0n) is 15.5. The van der Waals surface area contributed by atoms with E-state index < -0.39 is 11.7 Å². The van der Waals surface area contributed by atoms with Gasteiger partial charge < -0.3 is 15.1 Å². The van der Waals surface area contributed by atoms with E-state index in [0.29, 0.717) is 37.1 Å². The third kappa shape index (κ3) is 4.86. The Kier molecular flexibility index (Phi) is 6.00. The molecule has 4 nitrogen and oxygen atoms in total. The molecular formula is C19H20ClF3N4S. The van der Waals surface area contributed by atoms with Crippen LogP contribution in [0.4, 0.5) is 24.7 Å². The molecule has 150 valence electrons. The number of hydrogen-bond donors (Lipinski definition) is 1. The molecule has 2 heterocycles. The van der Waals surface area contributed by atoms with Crippen LogP contribution < -0.4 is 10.2 Å². The van der Waals surface area contributed by atoms with E-state index in [1.807, 2.05) is 35.8 Å². The van der Waals surface area contributed by atoms with Gasteiger partial charge in [-0.05, 0) is 55.4 Å². The summed E-state index contributed by atoms with van der Waals surface area (Å²) >= 11 is 11.6. The van der Waals surface area contributed by atoms with Crippen molar-refractivity contribution < 1.29 is 13.2 Å². The predicted molar refractivity (Wildman–Crippen MR) is 110 cm³/mol. The fourth-order valence-electron chi connectivity index (χ4n) is 3.19. The lowest BCUT2D eigenvalue weighted by Gasteiger charge is -2.37. The normalized spacial score (nSPS) is 14.9. The maximum absolute atomic E-state index is 12.8. The lowest BCUT2D eigenvalue weighted by Crippen LogP contribution is -2.50. The predicted octanol–water partition coefficient (Wildman–Crippen LogP) is 4.89. The van der Waals surface area contributed by atoms with Crippen molar-refractivity contribution in [2.45, 2.75) is 20.0 Å². The van der Waals surface area contributed by atoms with Gasteiger partial charge in [0, 0.05) is 38.1 Å². The minimum absolute atomic E-state index is 0.000729. The number of benzene rings is 1. The second-order valence-electron chi connectivity index (χ2n) is 6.81. The van der Waals surface area contributed by atoms with Gasteiger partial charge in [-0.2, -0.15) is 13.2 Å². The fourth-order valence-corrected chi connectivity index (χ4v) is 3.78. The second-order valence-corrected chi connectivity index (χ2v) is 7.60. The Labute approximate surface area is 172 Å². The SMILES string of the molecule is Cc1cc(C)cc(NC(=S)N2CCN(c3ncc(C(F)(F)F)cc3Cl)CC2)c1. The number of nitrogens with zero attached hydrogens (tertiary/aromatic N) is 3. The molecule has 1 fully saturated rings. The molecular weight excluding hydrogens is 409 g/mol. The highest BCUT2D eigenvalue weighted by atomic mass is 35.5. The van der Waals surface area contributed by atoms with Crippen molar-refractivity contribution in [3.63, 3.8) is 0 Å². The van der Waals surface area contributed by atoms with Gasteiger partial charge in [-0.3, -0.25) is 0 Å². The van der Waals surface area contributed by atoms with E-state index in [-0.39, 0.29) is 5.02 Å². The number of anilines is 2. The molecule has 1 saturated heterocycles. The van der Waals surface area contributed by atoms with Gasteiger partial charge >= 0.3 is 6.18 Å². The Morgan fingerprint density at radius 2 is 1.68 bits per heavy atom. The number of piperazine rings is 1.